The third-order valence-electron chi connectivity index (χ3n) is 2.35. The molecule has 0 aromatic heterocycles. The van der Waals surface area contributed by atoms with Gasteiger partial charge in [0.1, 0.15) is 5.75 Å². The normalized spacial score (nSPS) is 15.2. The van der Waals surface area contributed by atoms with Gasteiger partial charge in [-0.15, -0.1) is 0 Å². The van der Waals surface area contributed by atoms with Crippen LogP contribution in [0.4, 0.5) is 5.69 Å². The summed E-state index contributed by atoms with van der Waals surface area (Å²) < 4.78 is 5.63. The van der Waals surface area contributed by atoms with Gasteiger partial charge < -0.3 is 10.1 Å². The second kappa shape index (κ2) is 3.69. The molecule has 1 aliphatic heterocycles. The van der Waals surface area contributed by atoms with E-state index in [9.17, 15) is 0 Å². The summed E-state index contributed by atoms with van der Waals surface area (Å²) in [4.78, 5) is 0. The van der Waals surface area contributed by atoms with E-state index in [1.54, 1.807) is 0 Å². The van der Waals surface area contributed by atoms with Crippen molar-refractivity contribution in [2.45, 2.75) is 19.8 Å². The smallest absolute Gasteiger partial charge is 0.142 e. The first-order chi connectivity index (χ1) is 6.40. The van der Waals surface area contributed by atoms with Gasteiger partial charge in [0.15, 0.2) is 0 Å². The molecule has 0 bridgehead atoms. The fourth-order valence-corrected chi connectivity index (χ4v) is 1.53. The Bertz CT molecular complexity index is 301. The maximum absolute atomic E-state index is 5.63. The molecule has 1 N–H and O–H groups in total. The lowest BCUT2D eigenvalue weighted by Crippen LogP contribution is -1.99. The van der Waals surface area contributed by atoms with E-state index in [0.29, 0.717) is 0 Å². The van der Waals surface area contributed by atoms with E-state index in [2.05, 4.69) is 30.4 Å². The Morgan fingerprint density at radius 3 is 3.31 bits per heavy atom. The van der Waals surface area contributed by atoms with Crippen molar-refractivity contribution in [2.24, 2.45) is 0 Å². The molecule has 0 saturated carbocycles. The topological polar surface area (TPSA) is 21.3 Å². The van der Waals surface area contributed by atoms with Crippen molar-refractivity contribution < 1.29 is 6.16 Å². The van der Waals surface area contributed by atoms with Crippen molar-refractivity contribution in [3.8, 4) is 5.75 Å². The monoisotopic (exact) mass is 179 g/mol. The van der Waals surface area contributed by atoms with Crippen molar-refractivity contribution >= 4 is 5.69 Å². The van der Waals surface area contributed by atoms with Gasteiger partial charge in [0, 0.05) is 7.97 Å². The summed E-state index contributed by atoms with van der Waals surface area (Å²) in [5, 5.41) is 3.35. The number of hydrogen-bond donors (Lipinski definition) is 1. The Morgan fingerprint density at radius 2 is 2.46 bits per heavy atom. The highest BCUT2D eigenvalue weighted by Gasteiger charge is 2.07. The fourth-order valence-electron chi connectivity index (χ4n) is 1.53. The van der Waals surface area contributed by atoms with Crippen LogP contribution in [0.1, 0.15) is 20.3 Å². The number of benzene rings is 1. The molecule has 0 amide bonds. The van der Waals surface area contributed by atoms with Crippen LogP contribution in [0, 0.1) is 0 Å². The van der Waals surface area contributed by atoms with Crippen LogP contribution < -0.4 is 10.1 Å². The number of ether oxygens (including phenoxy) is 1. The van der Waals surface area contributed by atoms with Gasteiger partial charge in [-0.05, 0) is 30.5 Å². The van der Waals surface area contributed by atoms with Crippen molar-refractivity contribution in [2.75, 3.05) is 18.5 Å². The average Bonchev–Trinajstić information content (AvgIpc) is 2.41. The largest absolute Gasteiger partial charge is 0.491 e. The molecule has 1 heterocycles. The van der Waals surface area contributed by atoms with Crippen LogP contribution in [0.15, 0.2) is 18.2 Å². The third kappa shape index (κ3) is 1.77. The molecule has 2 rings (SSSR count). The molecule has 0 fully saturated rings. The summed E-state index contributed by atoms with van der Waals surface area (Å²) in [5.74, 6) is 1.01. The Hall–Kier alpha value is -1.18. The predicted molar refractivity (Wildman–Crippen MR) is 56.5 cm³/mol. The molecule has 13 heavy (non-hydrogen) atoms. The minimum atomic E-state index is 0. The Labute approximate surface area is 80.4 Å². The number of aryl methyl sites for hydroxylation is 1. The zero-order valence-corrected chi connectivity index (χ0v) is 7.97. The molecule has 0 saturated heterocycles. The van der Waals surface area contributed by atoms with E-state index in [4.69, 9.17) is 4.74 Å². The summed E-state index contributed by atoms with van der Waals surface area (Å²) in [7, 11) is 0. The van der Waals surface area contributed by atoms with Crippen LogP contribution in [0.5, 0.6) is 5.75 Å². The minimum absolute atomic E-state index is 0. The van der Waals surface area contributed by atoms with Gasteiger partial charge in [-0.25, -0.2) is 0 Å². The van der Waals surface area contributed by atoms with Gasteiger partial charge in [0.25, 0.3) is 0 Å². The van der Waals surface area contributed by atoms with Gasteiger partial charge >= 0.3 is 0 Å². The van der Waals surface area contributed by atoms with Gasteiger partial charge in [-0.2, -0.15) is 0 Å². The summed E-state index contributed by atoms with van der Waals surface area (Å²) in [5.41, 5.74) is 2.47. The summed E-state index contributed by atoms with van der Waals surface area (Å²) in [6, 6.07) is 6.40. The highest BCUT2D eigenvalue weighted by atomic mass is 16.5. The summed E-state index contributed by atoms with van der Waals surface area (Å²) in [6.45, 7) is 4.00. The molecule has 72 valence electrons. The van der Waals surface area contributed by atoms with Crippen molar-refractivity contribution in [1.29, 1.82) is 0 Å². The number of fused-ring (bicyclic) bond motifs is 1. The van der Waals surface area contributed by atoms with Crippen molar-refractivity contribution in [3.63, 3.8) is 0 Å². The van der Waals surface area contributed by atoms with Gasteiger partial charge in [-0.3, -0.25) is 0 Å². The van der Waals surface area contributed by atoms with Crippen LogP contribution in [0.3, 0.4) is 0 Å². The second-order valence-electron chi connectivity index (χ2n) is 3.31. The molecule has 0 radical (unpaired) electrons. The third-order valence-corrected chi connectivity index (χ3v) is 2.35. The van der Waals surface area contributed by atoms with Crippen molar-refractivity contribution in [1.82, 2.24) is 0 Å². The first-order valence-corrected chi connectivity index (χ1v) is 4.90. The fraction of sp³-hybridized carbons (Fsp3) is 0.455. The minimum Gasteiger partial charge on any atom is -0.491 e. The first kappa shape index (κ1) is 8.42. The van der Waals surface area contributed by atoms with Crippen LogP contribution in [-0.4, -0.2) is 13.2 Å². The molecule has 1 aliphatic rings. The highest BCUT2D eigenvalue weighted by molar-refractivity contribution is 5.58. The molecule has 0 atom stereocenters. The zero-order chi connectivity index (χ0) is 9.10. The molecular formula is C11H17NO. The lowest BCUT2D eigenvalue weighted by molar-refractivity contribution is 0.322. The maximum atomic E-state index is 5.63. The standard InChI is InChI=1S/C11H15NO.H2/c1-2-9-4-5-10-11(8-9)13-7-3-6-12-10;/h4-5,8,12H,2-3,6-7H2,1H3;1H. The second-order valence-corrected chi connectivity index (χ2v) is 3.31. The van der Waals surface area contributed by atoms with Crippen LogP contribution >= 0.6 is 0 Å². The number of rotatable bonds is 1. The lowest BCUT2D eigenvalue weighted by Gasteiger charge is -2.08. The number of nitrogens with one attached hydrogen (secondary N) is 1. The SMILES string of the molecule is CCc1ccc2c(c1)OCCCN2.[HH]. The van der Waals surface area contributed by atoms with Crippen molar-refractivity contribution in [3.05, 3.63) is 23.8 Å². The summed E-state index contributed by atoms with van der Waals surface area (Å²) in [6.07, 6.45) is 2.15. The molecule has 1 aromatic rings. The molecular weight excluding hydrogens is 162 g/mol. The Balaban J connectivity index is 0.000000980. The number of anilines is 1. The molecule has 1 aromatic carbocycles. The molecule has 0 spiro atoms. The zero-order valence-electron chi connectivity index (χ0n) is 7.97. The van der Waals surface area contributed by atoms with Crippen LogP contribution in [0.2, 0.25) is 0 Å². The molecule has 2 heteroatoms. The molecule has 2 nitrogen and oxygen atoms in total. The maximum Gasteiger partial charge on any atom is 0.142 e. The highest BCUT2D eigenvalue weighted by Crippen LogP contribution is 2.27. The van der Waals surface area contributed by atoms with E-state index < -0.39 is 0 Å². The lowest BCUT2D eigenvalue weighted by atomic mass is 10.1. The van der Waals surface area contributed by atoms with Crippen LogP contribution in [0.25, 0.3) is 0 Å². The van der Waals surface area contributed by atoms with Gasteiger partial charge in [0.2, 0.25) is 0 Å². The Kier molecular flexibility index (Phi) is 2.39. The van der Waals surface area contributed by atoms with Crippen LogP contribution in [-0.2, 0) is 6.42 Å². The predicted octanol–water partition coefficient (Wildman–Crippen LogP) is 2.69. The number of hydrogen-bond acceptors (Lipinski definition) is 2. The molecule has 0 aliphatic carbocycles. The van der Waals surface area contributed by atoms with E-state index in [1.807, 2.05) is 0 Å². The Morgan fingerprint density at radius 1 is 1.54 bits per heavy atom. The quantitative estimate of drug-likeness (QED) is 0.715. The van der Waals surface area contributed by atoms with Gasteiger partial charge in [-0.1, -0.05) is 13.0 Å². The van der Waals surface area contributed by atoms with E-state index >= 15 is 0 Å². The van der Waals surface area contributed by atoms with E-state index in [1.165, 1.54) is 5.56 Å². The molecule has 0 unspecified atom stereocenters. The summed E-state index contributed by atoms with van der Waals surface area (Å²) >= 11 is 0. The average molecular weight is 179 g/mol. The van der Waals surface area contributed by atoms with E-state index in [-0.39, 0.29) is 1.43 Å². The van der Waals surface area contributed by atoms with Gasteiger partial charge in [0.05, 0.1) is 12.3 Å². The van der Waals surface area contributed by atoms with E-state index in [0.717, 1.165) is 37.4 Å². The first-order valence-electron chi connectivity index (χ1n) is 4.90.